The Morgan fingerprint density at radius 1 is 1.17 bits per heavy atom. The van der Waals surface area contributed by atoms with Crippen LogP contribution in [-0.2, 0) is 9.59 Å². The zero-order valence-corrected chi connectivity index (χ0v) is 20.2. The zero-order valence-electron chi connectivity index (χ0n) is 20.2. The molecule has 0 aliphatic carbocycles. The number of amides is 3. The second-order valence-electron chi connectivity index (χ2n) is 9.52. The van der Waals surface area contributed by atoms with E-state index < -0.39 is 0 Å². The van der Waals surface area contributed by atoms with E-state index in [1.54, 1.807) is 23.1 Å². The van der Waals surface area contributed by atoms with Crippen LogP contribution in [-0.4, -0.2) is 60.0 Å². The molecule has 36 heavy (non-hydrogen) atoms. The highest BCUT2D eigenvalue weighted by Crippen LogP contribution is 2.27. The van der Waals surface area contributed by atoms with Crippen molar-refractivity contribution in [3.8, 4) is 0 Å². The van der Waals surface area contributed by atoms with Gasteiger partial charge in [-0.25, -0.2) is 0 Å². The summed E-state index contributed by atoms with van der Waals surface area (Å²) in [6.45, 7) is 4.73. The van der Waals surface area contributed by atoms with Gasteiger partial charge in [0.15, 0.2) is 11.4 Å². The van der Waals surface area contributed by atoms with Crippen LogP contribution in [0.1, 0.15) is 36.5 Å². The predicted molar refractivity (Wildman–Crippen MR) is 137 cm³/mol. The monoisotopic (exact) mass is 490 g/mol. The number of hydrogen-bond acceptors (Lipinski definition) is 7. The molecule has 188 valence electrons. The maximum atomic E-state index is 12.7. The molecule has 2 atom stereocenters. The highest BCUT2D eigenvalue weighted by atomic mass is 16.5. The standard InChI is InChI=1S/C26H30N6O4/c1-16(31-10-2-3-11-31)25(34)29-19-5-7-20(8-6-19)32-15-17(12-23(32)33)14-28-26(35)18-4-9-22-21(13-18)24(27)30-36-22/h4-9,13,16-17H,2-3,10-12,14-15H2,1H3,(H2,27,30)(H,28,35)(H,29,34). The minimum Gasteiger partial charge on any atom is -0.380 e. The summed E-state index contributed by atoms with van der Waals surface area (Å²) in [4.78, 5) is 41.8. The van der Waals surface area contributed by atoms with Gasteiger partial charge in [0.05, 0.1) is 11.4 Å². The maximum Gasteiger partial charge on any atom is 0.251 e. The predicted octanol–water partition coefficient (Wildman–Crippen LogP) is 2.62. The van der Waals surface area contributed by atoms with E-state index in [1.165, 1.54) is 0 Å². The zero-order chi connectivity index (χ0) is 25.2. The molecule has 3 aromatic rings. The van der Waals surface area contributed by atoms with Crippen molar-refractivity contribution in [3.63, 3.8) is 0 Å². The number of fused-ring (bicyclic) bond motifs is 1. The Bertz CT molecular complexity index is 1280. The van der Waals surface area contributed by atoms with Gasteiger partial charge in [-0.05, 0) is 75.3 Å². The van der Waals surface area contributed by atoms with Gasteiger partial charge < -0.3 is 25.8 Å². The average Bonchev–Trinajstić information content (AvgIpc) is 3.63. The first-order valence-electron chi connectivity index (χ1n) is 12.3. The summed E-state index contributed by atoms with van der Waals surface area (Å²) >= 11 is 0. The van der Waals surface area contributed by atoms with Crippen molar-refractivity contribution in [2.24, 2.45) is 5.92 Å². The third-order valence-corrected chi connectivity index (χ3v) is 7.03. The van der Waals surface area contributed by atoms with E-state index in [0.717, 1.165) is 31.6 Å². The van der Waals surface area contributed by atoms with Crippen molar-refractivity contribution >= 4 is 45.9 Å². The number of nitrogen functional groups attached to an aromatic ring is 1. The molecule has 0 spiro atoms. The third-order valence-electron chi connectivity index (χ3n) is 7.03. The Kier molecular flexibility index (Phi) is 6.60. The molecule has 2 aliphatic rings. The van der Waals surface area contributed by atoms with Gasteiger partial charge in [0.25, 0.3) is 5.91 Å². The number of benzene rings is 2. The Balaban J connectivity index is 1.14. The molecular formula is C26H30N6O4. The average molecular weight is 491 g/mol. The molecule has 3 heterocycles. The van der Waals surface area contributed by atoms with Crippen molar-refractivity contribution in [1.29, 1.82) is 0 Å². The van der Waals surface area contributed by atoms with Gasteiger partial charge in [0, 0.05) is 42.4 Å². The minimum absolute atomic E-state index is 0.00681. The smallest absolute Gasteiger partial charge is 0.251 e. The number of carbonyl (C=O) groups excluding carboxylic acids is 3. The summed E-state index contributed by atoms with van der Waals surface area (Å²) in [5.41, 5.74) is 8.22. The summed E-state index contributed by atoms with van der Waals surface area (Å²) in [5, 5.41) is 10.2. The molecular weight excluding hydrogens is 460 g/mol. The fraction of sp³-hybridized carbons (Fsp3) is 0.385. The lowest BCUT2D eigenvalue weighted by Gasteiger charge is -2.23. The van der Waals surface area contributed by atoms with Crippen LogP contribution in [0.15, 0.2) is 47.0 Å². The van der Waals surface area contributed by atoms with Gasteiger partial charge in [-0.1, -0.05) is 5.16 Å². The number of carbonyl (C=O) groups is 3. The number of anilines is 3. The fourth-order valence-electron chi connectivity index (χ4n) is 4.87. The van der Waals surface area contributed by atoms with E-state index in [0.29, 0.717) is 41.7 Å². The van der Waals surface area contributed by atoms with Crippen molar-refractivity contribution in [2.75, 3.05) is 42.1 Å². The van der Waals surface area contributed by atoms with E-state index in [4.69, 9.17) is 10.3 Å². The Morgan fingerprint density at radius 2 is 1.92 bits per heavy atom. The normalized spacial score (nSPS) is 19.1. The number of nitrogens with zero attached hydrogens (tertiary/aromatic N) is 3. The van der Waals surface area contributed by atoms with Crippen LogP contribution in [0.25, 0.3) is 11.0 Å². The lowest BCUT2D eigenvalue weighted by molar-refractivity contribution is -0.120. The van der Waals surface area contributed by atoms with E-state index in [1.807, 2.05) is 31.2 Å². The van der Waals surface area contributed by atoms with Crippen molar-refractivity contribution in [3.05, 3.63) is 48.0 Å². The maximum absolute atomic E-state index is 12.7. The van der Waals surface area contributed by atoms with Gasteiger partial charge in [-0.2, -0.15) is 0 Å². The van der Waals surface area contributed by atoms with Crippen LogP contribution in [0.5, 0.6) is 0 Å². The molecule has 10 heteroatoms. The summed E-state index contributed by atoms with van der Waals surface area (Å²) in [5.74, 6) is -0.0301. The van der Waals surface area contributed by atoms with E-state index >= 15 is 0 Å². The first kappa shape index (κ1) is 23.8. The van der Waals surface area contributed by atoms with Gasteiger partial charge in [0.2, 0.25) is 11.8 Å². The molecule has 2 saturated heterocycles. The number of hydrogen-bond donors (Lipinski definition) is 3. The van der Waals surface area contributed by atoms with E-state index in [-0.39, 0.29) is 35.5 Å². The van der Waals surface area contributed by atoms with Crippen molar-refractivity contribution < 1.29 is 18.9 Å². The number of likely N-dealkylation sites (tertiary alicyclic amines) is 1. The quantitative estimate of drug-likeness (QED) is 0.463. The van der Waals surface area contributed by atoms with Crippen LogP contribution in [0.2, 0.25) is 0 Å². The molecule has 10 nitrogen and oxygen atoms in total. The van der Waals surface area contributed by atoms with Crippen molar-refractivity contribution in [1.82, 2.24) is 15.4 Å². The largest absolute Gasteiger partial charge is 0.380 e. The van der Waals surface area contributed by atoms with Gasteiger partial charge in [-0.15, -0.1) is 0 Å². The second-order valence-corrected chi connectivity index (χ2v) is 9.52. The lowest BCUT2D eigenvalue weighted by atomic mass is 10.1. The first-order chi connectivity index (χ1) is 17.4. The molecule has 0 radical (unpaired) electrons. The summed E-state index contributed by atoms with van der Waals surface area (Å²) in [6, 6.07) is 12.1. The third kappa shape index (κ3) is 4.90. The summed E-state index contributed by atoms with van der Waals surface area (Å²) < 4.78 is 5.08. The van der Waals surface area contributed by atoms with Crippen LogP contribution < -0.4 is 21.3 Å². The van der Waals surface area contributed by atoms with Crippen molar-refractivity contribution in [2.45, 2.75) is 32.2 Å². The highest BCUT2D eigenvalue weighted by molar-refractivity contribution is 6.00. The number of rotatable bonds is 7. The van der Waals surface area contributed by atoms with Gasteiger partial charge in [0.1, 0.15) is 0 Å². The Hall–Kier alpha value is -3.92. The molecule has 2 fully saturated rings. The van der Waals surface area contributed by atoms with Crippen LogP contribution >= 0.6 is 0 Å². The molecule has 2 aliphatic heterocycles. The molecule has 1 aromatic heterocycles. The van der Waals surface area contributed by atoms with E-state index in [2.05, 4.69) is 20.7 Å². The SMILES string of the molecule is CC(C(=O)Nc1ccc(N2CC(CNC(=O)c3ccc4onc(N)c4c3)CC2=O)cc1)N1CCCC1. The van der Waals surface area contributed by atoms with Gasteiger partial charge >= 0.3 is 0 Å². The summed E-state index contributed by atoms with van der Waals surface area (Å²) in [6.07, 6.45) is 2.62. The van der Waals surface area contributed by atoms with Crippen LogP contribution in [0.4, 0.5) is 17.2 Å². The fourth-order valence-corrected chi connectivity index (χ4v) is 4.87. The molecule has 4 N–H and O–H groups in total. The molecule has 2 aromatic carbocycles. The number of aromatic nitrogens is 1. The Morgan fingerprint density at radius 3 is 2.67 bits per heavy atom. The van der Waals surface area contributed by atoms with Crippen LogP contribution in [0, 0.1) is 5.92 Å². The molecule has 2 unspecified atom stereocenters. The Labute approximate surface area is 208 Å². The number of nitrogens with two attached hydrogens (primary N) is 1. The van der Waals surface area contributed by atoms with Crippen LogP contribution in [0.3, 0.4) is 0 Å². The molecule has 3 amide bonds. The topological polar surface area (TPSA) is 134 Å². The minimum atomic E-state index is -0.244. The first-order valence-corrected chi connectivity index (χ1v) is 12.3. The second kappa shape index (κ2) is 9.98. The van der Waals surface area contributed by atoms with E-state index in [9.17, 15) is 14.4 Å². The number of nitrogens with one attached hydrogen (secondary N) is 2. The highest BCUT2D eigenvalue weighted by Gasteiger charge is 2.31. The van der Waals surface area contributed by atoms with Gasteiger partial charge in [-0.3, -0.25) is 19.3 Å². The molecule has 5 rings (SSSR count). The lowest BCUT2D eigenvalue weighted by Crippen LogP contribution is -2.40. The molecule has 0 saturated carbocycles. The molecule has 0 bridgehead atoms. The summed E-state index contributed by atoms with van der Waals surface area (Å²) in [7, 11) is 0.